The Balaban J connectivity index is 3.85. The summed E-state index contributed by atoms with van der Waals surface area (Å²) in [6.07, 6.45) is 1.17. The van der Waals surface area contributed by atoms with Crippen LogP contribution in [0.25, 0.3) is 0 Å². The number of rotatable bonds is 2. The zero-order chi connectivity index (χ0) is 9.94. The third-order valence-electron chi connectivity index (χ3n) is 0.999. The second kappa shape index (κ2) is 8.69. The highest BCUT2D eigenvalue weighted by Gasteiger charge is 1.88. The van der Waals surface area contributed by atoms with Crippen LogP contribution >= 0.6 is 0 Å². The number of unbranched alkanes of at least 4 members (excludes halogenated alkanes) is 1. The highest BCUT2D eigenvalue weighted by Crippen LogP contribution is 1.78. The second-order valence-corrected chi connectivity index (χ2v) is 2.15. The Bertz CT molecular complexity index is 300. The molecule has 0 aromatic heterocycles. The molecule has 0 aliphatic rings. The summed E-state index contributed by atoms with van der Waals surface area (Å²) in [6, 6.07) is -0.522. The van der Waals surface area contributed by atoms with E-state index in [1.807, 2.05) is 0 Å². The molecule has 1 unspecified atom stereocenters. The molecule has 0 heterocycles. The van der Waals surface area contributed by atoms with E-state index in [9.17, 15) is 0 Å². The fourth-order valence-corrected chi connectivity index (χ4v) is 0.416. The minimum atomic E-state index is -0.522. The van der Waals surface area contributed by atoms with Crippen molar-refractivity contribution in [3.8, 4) is 35.5 Å². The zero-order valence-electron chi connectivity index (χ0n) is 7.30. The molecule has 1 atom stereocenters. The van der Waals surface area contributed by atoms with Crippen LogP contribution in [0.15, 0.2) is 0 Å². The largest absolute Gasteiger partial charge is 0.394 e. The smallest absolute Gasteiger partial charge is 0.0909 e. The summed E-state index contributed by atoms with van der Waals surface area (Å²) in [5.74, 6) is 15.4. The van der Waals surface area contributed by atoms with Crippen molar-refractivity contribution in [2.75, 3.05) is 6.61 Å². The van der Waals surface area contributed by atoms with Crippen LogP contribution in [0.5, 0.6) is 0 Å². The summed E-state index contributed by atoms with van der Waals surface area (Å²) in [7, 11) is 0. The highest BCUT2D eigenvalue weighted by atomic mass is 16.3. The summed E-state index contributed by atoms with van der Waals surface area (Å²) in [5.41, 5.74) is 5.29. The van der Waals surface area contributed by atoms with Gasteiger partial charge in [0.1, 0.15) is 0 Å². The number of aliphatic hydroxyl groups excluding tert-OH is 1. The van der Waals surface area contributed by atoms with Gasteiger partial charge in [-0.2, -0.15) is 0 Å². The lowest BCUT2D eigenvalue weighted by Crippen LogP contribution is -2.21. The summed E-state index contributed by atoms with van der Waals surface area (Å²) < 4.78 is 0. The Morgan fingerprint density at radius 3 is 2.54 bits per heavy atom. The van der Waals surface area contributed by atoms with Crippen LogP contribution in [0.3, 0.4) is 0 Å². The first-order valence-electron chi connectivity index (χ1n) is 3.86. The first-order valence-corrected chi connectivity index (χ1v) is 3.86. The molecule has 66 valence electrons. The molecule has 0 fully saturated rings. The molecule has 0 amide bonds. The quantitative estimate of drug-likeness (QED) is 0.568. The van der Waals surface area contributed by atoms with Crippen LogP contribution in [-0.2, 0) is 0 Å². The lowest BCUT2D eigenvalue weighted by molar-refractivity contribution is 0.287. The van der Waals surface area contributed by atoms with E-state index in [0.29, 0.717) is 12.8 Å². The van der Waals surface area contributed by atoms with Crippen molar-refractivity contribution in [3.63, 3.8) is 0 Å². The predicted octanol–water partition coefficient (Wildman–Crippen LogP) is -0.193. The third-order valence-corrected chi connectivity index (χ3v) is 0.999. The number of hydrogen-bond acceptors (Lipinski definition) is 2. The third kappa shape index (κ3) is 8.51. The minimum absolute atomic E-state index is 0.159. The van der Waals surface area contributed by atoms with Gasteiger partial charge in [0.05, 0.1) is 12.6 Å². The molecule has 0 aromatic rings. The van der Waals surface area contributed by atoms with Crippen molar-refractivity contribution in [1.29, 1.82) is 0 Å². The van der Waals surface area contributed by atoms with E-state index in [0.717, 1.165) is 0 Å². The van der Waals surface area contributed by atoms with Crippen LogP contribution in [0, 0.1) is 42.4 Å². The molecule has 0 aromatic carbocycles. The number of hydrogen-bond donors (Lipinski definition) is 2. The molecule has 13 heavy (non-hydrogen) atoms. The molecule has 3 N–H and O–H groups in total. The first kappa shape index (κ1) is 11.6. The van der Waals surface area contributed by atoms with E-state index in [-0.39, 0.29) is 6.61 Å². The highest BCUT2D eigenvalue weighted by molar-refractivity contribution is 5.36. The summed E-state index contributed by atoms with van der Waals surface area (Å²) in [4.78, 5) is 0. The van der Waals surface area contributed by atoms with E-state index in [1.54, 1.807) is 0 Å². The van der Waals surface area contributed by atoms with Crippen LogP contribution in [0.2, 0.25) is 0 Å². The SMILES string of the molecule is [CH]CCC#CC#CC#CC(N)CO. The monoisotopic (exact) mass is 173 g/mol. The maximum atomic E-state index is 8.49. The number of aliphatic hydroxyl groups is 1. The maximum absolute atomic E-state index is 8.49. The lowest BCUT2D eigenvalue weighted by Gasteiger charge is -1.91. The van der Waals surface area contributed by atoms with Gasteiger partial charge in [-0.1, -0.05) is 11.8 Å². The molecular formula is C11H11NO. The van der Waals surface area contributed by atoms with Gasteiger partial charge in [-0.05, 0) is 37.0 Å². The average molecular weight is 173 g/mol. The van der Waals surface area contributed by atoms with E-state index in [4.69, 9.17) is 17.8 Å². The normalized spacial score (nSPS) is 9.46. The van der Waals surface area contributed by atoms with E-state index >= 15 is 0 Å². The average Bonchev–Trinajstić information content (AvgIpc) is 2.16. The molecule has 0 rings (SSSR count). The fourth-order valence-electron chi connectivity index (χ4n) is 0.416. The predicted molar refractivity (Wildman–Crippen MR) is 51.9 cm³/mol. The van der Waals surface area contributed by atoms with Gasteiger partial charge in [0.2, 0.25) is 0 Å². The van der Waals surface area contributed by atoms with Gasteiger partial charge in [-0.3, -0.25) is 0 Å². The van der Waals surface area contributed by atoms with Gasteiger partial charge in [0, 0.05) is 6.42 Å². The van der Waals surface area contributed by atoms with Crippen molar-refractivity contribution >= 4 is 0 Å². The molecule has 2 heteroatoms. The van der Waals surface area contributed by atoms with E-state index in [2.05, 4.69) is 35.5 Å². The fraction of sp³-hybridized carbons (Fsp3) is 0.364. The van der Waals surface area contributed by atoms with Gasteiger partial charge in [-0.25, -0.2) is 0 Å². The molecule has 0 spiro atoms. The van der Waals surface area contributed by atoms with Gasteiger partial charge < -0.3 is 10.8 Å². The zero-order valence-corrected chi connectivity index (χ0v) is 7.30. The van der Waals surface area contributed by atoms with Crippen LogP contribution in [0.1, 0.15) is 12.8 Å². The lowest BCUT2D eigenvalue weighted by atomic mass is 10.3. The first-order chi connectivity index (χ1) is 6.31. The molecular weight excluding hydrogens is 162 g/mol. The van der Waals surface area contributed by atoms with Gasteiger partial charge in [0.15, 0.2) is 0 Å². The Kier molecular flexibility index (Phi) is 7.76. The van der Waals surface area contributed by atoms with Gasteiger partial charge in [-0.15, -0.1) is 0 Å². The molecule has 0 saturated heterocycles. The molecule has 0 saturated carbocycles. The Morgan fingerprint density at radius 2 is 1.92 bits per heavy atom. The van der Waals surface area contributed by atoms with Gasteiger partial charge in [0.25, 0.3) is 0 Å². The Morgan fingerprint density at radius 1 is 1.23 bits per heavy atom. The van der Waals surface area contributed by atoms with Crippen molar-refractivity contribution in [2.45, 2.75) is 18.9 Å². The molecule has 2 radical (unpaired) electrons. The number of nitrogens with two attached hydrogens (primary N) is 1. The topological polar surface area (TPSA) is 46.2 Å². The van der Waals surface area contributed by atoms with Crippen LogP contribution in [-0.4, -0.2) is 17.8 Å². The Hall–Kier alpha value is -1.40. The van der Waals surface area contributed by atoms with Crippen molar-refractivity contribution in [3.05, 3.63) is 6.92 Å². The van der Waals surface area contributed by atoms with Crippen LogP contribution in [0.4, 0.5) is 0 Å². The summed E-state index contributed by atoms with van der Waals surface area (Å²) in [5, 5.41) is 8.49. The molecule has 2 nitrogen and oxygen atoms in total. The van der Waals surface area contributed by atoms with E-state index in [1.165, 1.54) is 0 Å². The van der Waals surface area contributed by atoms with Crippen molar-refractivity contribution < 1.29 is 5.11 Å². The minimum Gasteiger partial charge on any atom is -0.394 e. The molecule has 0 bridgehead atoms. The van der Waals surface area contributed by atoms with Crippen LogP contribution < -0.4 is 5.73 Å². The van der Waals surface area contributed by atoms with E-state index < -0.39 is 6.04 Å². The van der Waals surface area contributed by atoms with Gasteiger partial charge >= 0.3 is 0 Å². The van der Waals surface area contributed by atoms with Crippen molar-refractivity contribution in [1.82, 2.24) is 0 Å². The standard InChI is InChI=1S/C11H11NO/c1-2-3-4-5-6-7-8-9-11(12)10-13/h1,11,13H,2-3,10,12H2. The molecule has 0 aliphatic carbocycles. The van der Waals surface area contributed by atoms with Crippen molar-refractivity contribution in [2.24, 2.45) is 5.73 Å². The summed E-state index contributed by atoms with van der Waals surface area (Å²) >= 11 is 0. The molecule has 0 aliphatic heterocycles. The maximum Gasteiger partial charge on any atom is 0.0909 e. The Labute approximate surface area is 79.5 Å². The summed E-state index contributed by atoms with van der Waals surface area (Å²) in [6.45, 7) is 5.05. The second-order valence-electron chi connectivity index (χ2n) is 2.15.